The summed E-state index contributed by atoms with van der Waals surface area (Å²) in [5.74, 6) is 1.04. The fourth-order valence-electron chi connectivity index (χ4n) is 1.82. The van der Waals surface area contributed by atoms with Crippen molar-refractivity contribution in [1.29, 1.82) is 0 Å². The summed E-state index contributed by atoms with van der Waals surface area (Å²) in [4.78, 5) is 6.84. The van der Waals surface area contributed by atoms with E-state index in [2.05, 4.69) is 59.6 Å². The van der Waals surface area contributed by atoms with E-state index in [9.17, 15) is 0 Å². The van der Waals surface area contributed by atoms with Crippen LogP contribution in [0, 0.1) is 12.3 Å². The Balaban J connectivity index is 2.93. The molecule has 0 atom stereocenters. The van der Waals surface area contributed by atoms with Gasteiger partial charge in [0, 0.05) is 23.8 Å². The third-order valence-electron chi connectivity index (χ3n) is 3.02. The number of hydrogen-bond acceptors (Lipinski definition) is 3. The molecule has 0 radical (unpaired) electrons. The van der Waals surface area contributed by atoms with Crippen molar-refractivity contribution in [2.24, 2.45) is 11.1 Å². The van der Waals surface area contributed by atoms with Crippen LogP contribution in [0.4, 0.5) is 5.82 Å². The highest BCUT2D eigenvalue weighted by atomic mass is 79.9. The molecule has 0 saturated heterocycles. The molecule has 1 rings (SSSR count). The van der Waals surface area contributed by atoms with Gasteiger partial charge < -0.3 is 10.6 Å². The molecule has 1 aromatic rings. The zero-order valence-corrected chi connectivity index (χ0v) is 13.4. The van der Waals surface area contributed by atoms with E-state index in [4.69, 9.17) is 5.73 Å². The highest BCUT2D eigenvalue weighted by Gasteiger charge is 2.21. The first-order valence-corrected chi connectivity index (χ1v) is 7.26. The van der Waals surface area contributed by atoms with E-state index in [-0.39, 0.29) is 5.41 Å². The standard InChI is InChI=1S/C14H24BrN3/c1-5-6-18(10-14(3,4)9-16)13-7-11(2)12(15)8-17-13/h7-8H,5-6,9-10,16H2,1-4H3. The second-order valence-electron chi connectivity index (χ2n) is 5.58. The smallest absolute Gasteiger partial charge is 0.128 e. The van der Waals surface area contributed by atoms with Gasteiger partial charge in [-0.3, -0.25) is 0 Å². The molecule has 0 aliphatic carbocycles. The molecule has 102 valence electrons. The zero-order valence-electron chi connectivity index (χ0n) is 11.8. The molecule has 0 saturated carbocycles. The minimum atomic E-state index is 0.109. The molecule has 0 unspecified atom stereocenters. The number of rotatable bonds is 6. The van der Waals surface area contributed by atoms with Gasteiger partial charge in [0.25, 0.3) is 0 Å². The largest absolute Gasteiger partial charge is 0.356 e. The van der Waals surface area contributed by atoms with Gasteiger partial charge in [-0.05, 0) is 52.9 Å². The van der Waals surface area contributed by atoms with Gasteiger partial charge >= 0.3 is 0 Å². The molecule has 3 nitrogen and oxygen atoms in total. The molecule has 0 amide bonds. The quantitative estimate of drug-likeness (QED) is 0.875. The highest BCUT2D eigenvalue weighted by molar-refractivity contribution is 9.10. The van der Waals surface area contributed by atoms with Crippen LogP contribution in [-0.4, -0.2) is 24.6 Å². The second kappa shape index (κ2) is 6.53. The van der Waals surface area contributed by atoms with Crippen molar-refractivity contribution >= 4 is 21.7 Å². The molecule has 0 aromatic carbocycles. The molecule has 0 aliphatic heterocycles. The third kappa shape index (κ3) is 4.25. The number of halogens is 1. The van der Waals surface area contributed by atoms with Crippen molar-refractivity contribution in [2.75, 3.05) is 24.5 Å². The Morgan fingerprint density at radius 1 is 1.44 bits per heavy atom. The van der Waals surface area contributed by atoms with Crippen molar-refractivity contribution < 1.29 is 0 Å². The van der Waals surface area contributed by atoms with Crippen LogP contribution in [0.2, 0.25) is 0 Å². The van der Waals surface area contributed by atoms with Gasteiger partial charge in [-0.15, -0.1) is 0 Å². The van der Waals surface area contributed by atoms with Gasteiger partial charge in [0.2, 0.25) is 0 Å². The van der Waals surface area contributed by atoms with Gasteiger partial charge in [0.15, 0.2) is 0 Å². The predicted octanol–water partition coefficient (Wildman–Crippen LogP) is 3.35. The van der Waals surface area contributed by atoms with Gasteiger partial charge in [-0.1, -0.05) is 20.8 Å². The summed E-state index contributed by atoms with van der Waals surface area (Å²) in [7, 11) is 0. The average Bonchev–Trinajstić information content (AvgIpc) is 2.32. The molecule has 1 aromatic heterocycles. The fraction of sp³-hybridized carbons (Fsp3) is 0.643. The summed E-state index contributed by atoms with van der Waals surface area (Å²) in [5, 5.41) is 0. The molecule has 0 spiro atoms. The summed E-state index contributed by atoms with van der Waals surface area (Å²) in [5.41, 5.74) is 7.15. The van der Waals surface area contributed by atoms with Gasteiger partial charge in [0.05, 0.1) is 0 Å². The van der Waals surface area contributed by atoms with Crippen LogP contribution in [0.1, 0.15) is 32.8 Å². The van der Waals surface area contributed by atoms with E-state index in [1.165, 1.54) is 5.56 Å². The van der Waals surface area contributed by atoms with Gasteiger partial charge in [-0.2, -0.15) is 0 Å². The number of nitrogens with zero attached hydrogens (tertiary/aromatic N) is 2. The van der Waals surface area contributed by atoms with Gasteiger partial charge in [-0.25, -0.2) is 4.98 Å². The molecule has 0 fully saturated rings. The minimum Gasteiger partial charge on any atom is -0.356 e. The summed E-state index contributed by atoms with van der Waals surface area (Å²) >= 11 is 3.49. The Hall–Kier alpha value is -0.610. The number of aromatic nitrogens is 1. The number of aryl methyl sites for hydroxylation is 1. The first-order chi connectivity index (χ1) is 8.39. The lowest BCUT2D eigenvalue weighted by molar-refractivity contribution is 0.376. The Morgan fingerprint density at radius 2 is 2.11 bits per heavy atom. The minimum absolute atomic E-state index is 0.109. The summed E-state index contributed by atoms with van der Waals surface area (Å²) < 4.78 is 1.06. The van der Waals surface area contributed by atoms with E-state index in [1.54, 1.807) is 0 Å². The SMILES string of the molecule is CCCN(CC(C)(C)CN)c1cc(C)c(Br)cn1. The summed E-state index contributed by atoms with van der Waals surface area (Å²) in [6.07, 6.45) is 2.99. The summed E-state index contributed by atoms with van der Waals surface area (Å²) in [6.45, 7) is 11.3. The van der Waals surface area contributed by atoms with E-state index in [0.717, 1.165) is 29.8 Å². The topological polar surface area (TPSA) is 42.1 Å². The first-order valence-electron chi connectivity index (χ1n) is 6.47. The Labute approximate surface area is 119 Å². The maximum absolute atomic E-state index is 5.83. The maximum atomic E-state index is 5.83. The molecule has 0 bridgehead atoms. The zero-order chi connectivity index (χ0) is 13.8. The van der Waals surface area contributed by atoms with E-state index in [1.807, 2.05) is 6.20 Å². The van der Waals surface area contributed by atoms with Crippen LogP contribution in [0.15, 0.2) is 16.7 Å². The van der Waals surface area contributed by atoms with Crippen LogP contribution >= 0.6 is 15.9 Å². The van der Waals surface area contributed by atoms with Crippen molar-refractivity contribution in [1.82, 2.24) is 4.98 Å². The lowest BCUT2D eigenvalue weighted by Gasteiger charge is -2.32. The molecular weight excluding hydrogens is 290 g/mol. The van der Waals surface area contributed by atoms with E-state index < -0.39 is 0 Å². The van der Waals surface area contributed by atoms with Crippen molar-refractivity contribution in [2.45, 2.75) is 34.1 Å². The molecular formula is C14H24BrN3. The van der Waals surface area contributed by atoms with Crippen LogP contribution in [0.3, 0.4) is 0 Å². The number of pyridine rings is 1. The monoisotopic (exact) mass is 313 g/mol. The molecule has 0 aliphatic rings. The van der Waals surface area contributed by atoms with Crippen molar-refractivity contribution in [3.63, 3.8) is 0 Å². The Bertz CT molecular complexity index is 391. The predicted molar refractivity (Wildman–Crippen MR) is 82.0 cm³/mol. The third-order valence-corrected chi connectivity index (χ3v) is 3.85. The maximum Gasteiger partial charge on any atom is 0.128 e. The molecule has 4 heteroatoms. The van der Waals surface area contributed by atoms with Crippen LogP contribution in [0.25, 0.3) is 0 Å². The van der Waals surface area contributed by atoms with E-state index >= 15 is 0 Å². The summed E-state index contributed by atoms with van der Waals surface area (Å²) in [6, 6.07) is 2.13. The Morgan fingerprint density at radius 3 is 2.61 bits per heavy atom. The first kappa shape index (κ1) is 15.4. The number of anilines is 1. The number of hydrogen-bond donors (Lipinski definition) is 1. The lowest BCUT2D eigenvalue weighted by atomic mass is 9.93. The molecule has 2 N–H and O–H groups in total. The van der Waals surface area contributed by atoms with Gasteiger partial charge in [0.1, 0.15) is 5.82 Å². The van der Waals surface area contributed by atoms with Crippen LogP contribution in [-0.2, 0) is 0 Å². The molecule has 18 heavy (non-hydrogen) atoms. The Kier molecular flexibility index (Phi) is 5.60. The lowest BCUT2D eigenvalue weighted by Crippen LogP contribution is -2.39. The normalized spacial score (nSPS) is 11.7. The highest BCUT2D eigenvalue weighted by Crippen LogP contribution is 2.23. The average molecular weight is 314 g/mol. The molecule has 1 heterocycles. The van der Waals surface area contributed by atoms with Crippen LogP contribution in [0.5, 0.6) is 0 Å². The second-order valence-corrected chi connectivity index (χ2v) is 6.44. The number of nitrogens with two attached hydrogens (primary N) is 1. The van der Waals surface area contributed by atoms with E-state index in [0.29, 0.717) is 6.54 Å². The van der Waals surface area contributed by atoms with Crippen molar-refractivity contribution in [3.8, 4) is 0 Å². The van der Waals surface area contributed by atoms with Crippen LogP contribution < -0.4 is 10.6 Å². The fourth-order valence-corrected chi connectivity index (χ4v) is 2.04. The van der Waals surface area contributed by atoms with Crippen molar-refractivity contribution in [3.05, 3.63) is 22.3 Å².